The molecule has 7 aromatic carbocycles. The van der Waals surface area contributed by atoms with E-state index in [1.165, 1.54) is 39.0 Å². The van der Waals surface area contributed by atoms with Gasteiger partial charge in [0.15, 0.2) is 0 Å². The molecule has 0 N–H and O–H groups in total. The highest BCUT2D eigenvalue weighted by atomic mass is 16.5. The second-order valence-electron chi connectivity index (χ2n) is 15.1. The van der Waals surface area contributed by atoms with Crippen LogP contribution >= 0.6 is 0 Å². The van der Waals surface area contributed by atoms with E-state index in [2.05, 4.69) is 210 Å². The van der Waals surface area contributed by atoms with Crippen LogP contribution in [0.5, 0.6) is 5.75 Å². The molecule has 0 radical (unpaired) electrons. The third kappa shape index (κ3) is 8.38. The fraction of sp³-hybridized carbons (Fsp3) is 0.107. The summed E-state index contributed by atoms with van der Waals surface area (Å²) in [5, 5.41) is 0. The summed E-state index contributed by atoms with van der Waals surface area (Å²) in [4.78, 5) is 4.59. The number of rotatable bonds is 12. The van der Waals surface area contributed by atoms with E-state index in [0.717, 1.165) is 64.7 Å². The molecule has 0 fully saturated rings. The van der Waals surface area contributed by atoms with E-state index in [1.54, 1.807) is 14.2 Å². The Balaban J connectivity index is 0.957. The predicted molar refractivity (Wildman–Crippen MR) is 252 cm³/mol. The lowest BCUT2D eigenvalue weighted by Crippen LogP contribution is -2.20. The van der Waals surface area contributed by atoms with E-state index in [4.69, 9.17) is 9.47 Å². The molecule has 2 aliphatic carbocycles. The topological polar surface area (TPSA) is 24.9 Å². The number of benzene rings is 7. The van der Waals surface area contributed by atoms with Crippen molar-refractivity contribution in [1.82, 2.24) is 0 Å². The Morgan fingerprint density at radius 2 is 0.933 bits per heavy atom. The van der Waals surface area contributed by atoms with Crippen LogP contribution in [0.3, 0.4) is 0 Å². The zero-order valence-electron chi connectivity index (χ0n) is 34.1. The van der Waals surface area contributed by atoms with Crippen LogP contribution in [0.1, 0.15) is 24.8 Å². The van der Waals surface area contributed by atoms with Gasteiger partial charge in [0.1, 0.15) is 5.75 Å². The van der Waals surface area contributed by atoms with Crippen molar-refractivity contribution in [2.45, 2.75) is 25.4 Å². The summed E-state index contributed by atoms with van der Waals surface area (Å²) in [7, 11) is 3.49. The average molecular weight is 781 g/mol. The van der Waals surface area contributed by atoms with Crippen molar-refractivity contribution in [1.29, 1.82) is 0 Å². The zero-order valence-corrected chi connectivity index (χ0v) is 34.1. The van der Waals surface area contributed by atoms with Gasteiger partial charge in [-0.15, -0.1) is 0 Å². The normalized spacial score (nSPS) is 14.6. The summed E-state index contributed by atoms with van der Waals surface area (Å²) in [6.07, 6.45) is 16.5. The minimum atomic E-state index is 0.0383. The summed E-state index contributed by atoms with van der Waals surface area (Å²) in [6.45, 7) is 0. The molecule has 7 aromatic rings. The molecule has 4 nitrogen and oxygen atoms in total. The largest absolute Gasteiger partial charge is 0.497 e. The van der Waals surface area contributed by atoms with Crippen molar-refractivity contribution in [3.8, 4) is 39.1 Å². The predicted octanol–water partition coefficient (Wildman–Crippen LogP) is 14.9. The van der Waals surface area contributed by atoms with E-state index < -0.39 is 0 Å². The number of hydrogen-bond donors (Lipinski definition) is 0. The highest BCUT2D eigenvalue weighted by Gasteiger charge is 2.19. The lowest BCUT2D eigenvalue weighted by Gasteiger charge is -2.29. The van der Waals surface area contributed by atoms with Crippen molar-refractivity contribution in [2.24, 2.45) is 0 Å². The Kier molecular flexibility index (Phi) is 11.4. The first-order valence-electron chi connectivity index (χ1n) is 20.7. The van der Waals surface area contributed by atoms with Crippen molar-refractivity contribution in [3.63, 3.8) is 0 Å². The van der Waals surface area contributed by atoms with Crippen molar-refractivity contribution in [3.05, 3.63) is 224 Å². The summed E-state index contributed by atoms with van der Waals surface area (Å²) in [5.41, 5.74) is 16.1. The molecule has 0 heterocycles. The molecule has 294 valence electrons. The van der Waals surface area contributed by atoms with Gasteiger partial charge in [0.2, 0.25) is 0 Å². The number of methoxy groups -OCH3 is 2. The van der Waals surface area contributed by atoms with Gasteiger partial charge in [-0.2, -0.15) is 0 Å². The second-order valence-corrected chi connectivity index (χ2v) is 15.1. The first-order valence-corrected chi connectivity index (χ1v) is 20.7. The fourth-order valence-electron chi connectivity index (χ4n) is 8.12. The van der Waals surface area contributed by atoms with Gasteiger partial charge in [0.05, 0.1) is 13.2 Å². The molecule has 9 rings (SSSR count). The third-order valence-electron chi connectivity index (χ3n) is 11.4. The van der Waals surface area contributed by atoms with Crippen molar-refractivity contribution in [2.75, 3.05) is 24.0 Å². The number of ether oxygens (including phenoxy) is 2. The van der Waals surface area contributed by atoms with Crippen molar-refractivity contribution < 1.29 is 9.47 Å². The highest BCUT2D eigenvalue weighted by Crippen LogP contribution is 2.39. The maximum atomic E-state index is 5.76. The van der Waals surface area contributed by atoms with Crippen LogP contribution in [0.4, 0.5) is 28.4 Å². The molecule has 0 aliphatic heterocycles. The fourth-order valence-corrected chi connectivity index (χ4v) is 8.12. The maximum absolute atomic E-state index is 5.76. The van der Waals surface area contributed by atoms with E-state index in [-0.39, 0.29) is 6.10 Å². The van der Waals surface area contributed by atoms with Crippen LogP contribution in [-0.2, 0) is 4.74 Å². The van der Waals surface area contributed by atoms with E-state index in [1.807, 2.05) is 12.1 Å². The zero-order chi connectivity index (χ0) is 40.7. The molecule has 0 aromatic heterocycles. The standard InChI is InChI=1S/C56H48N2O2/c1-59-55-17-9-15-53(39-55)57(49-31-23-45(24-32-49)41-11-5-3-6-12-41)51-35-27-47(28-36-51)43-19-21-44(22-20-43)48-29-37-52(38-30-48)58(54-16-10-18-56(40-54)60-2)50-33-25-46(26-34-50)42-13-7-4-8-14-42/h3,5-7,9-16,18-40,55H,4,8,17H2,1-2H3. The summed E-state index contributed by atoms with van der Waals surface area (Å²) in [6, 6.07) is 63.0. The lowest BCUT2D eigenvalue weighted by atomic mass is 9.99. The smallest absolute Gasteiger partial charge is 0.120 e. The molecule has 0 amide bonds. The van der Waals surface area contributed by atoms with Gasteiger partial charge < -0.3 is 19.3 Å². The molecule has 0 bridgehead atoms. The maximum Gasteiger partial charge on any atom is 0.120 e. The number of hydrogen-bond acceptors (Lipinski definition) is 4. The van der Waals surface area contributed by atoms with Gasteiger partial charge in [0.25, 0.3) is 0 Å². The Morgan fingerprint density at radius 3 is 1.43 bits per heavy atom. The van der Waals surface area contributed by atoms with Gasteiger partial charge in [-0.05, 0) is 137 Å². The summed E-state index contributed by atoms with van der Waals surface area (Å²) < 4.78 is 11.4. The van der Waals surface area contributed by atoms with Crippen LogP contribution in [0, 0.1) is 0 Å². The van der Waals surface area contributed by atoms with E-state index in [0.29, 0.717) is 0 Å². The Morgan fingerprint density at radius 1 is 0.433 bits per heavy atom. The SMILES string of the molecule is COc1cccc(N(c2ccc(C3=CCCC=C3)cc2)c2ccc(-c3ccc(-c4ccc(N(C5=CC(OC)CC=C5)c5ccc(-c6ccccc6)cc5)cc4)cc3)cc2)c1. The Hall–Kier alpha value is -7.14. The van der Waals surface area contributed by atoms with Gasteiger partial charge in [-0.3, -0.25) is 0 Å². The quantitative estimate of drug-likeness (QED) is 0.123. The molecule has 0 spiro atoms. The van der Waals surface area contributed by atoms with E-state index >= 15 is 0 Å². The number of allylic oxidation sites excluding steroid dienone is 5. The summed E-state index contributed by atoms with van der Waals surface area (Å²) in [5.74, 6) is 0.822. The third-order valence-corrected chi connectivity index (χ3v) is 11.4. The van der Waals surface area contributed by atoms with Crippen LogP contribution in [0.25, 0.3) is 39.0 Å². The Labute approximate surface area is 354 Å². The van der Waals surface area contributed by atoms with Gasteiger partial charge >= 0.3 is 0 Å². The number of nitrogens with zero attached hydrogens (tertiary/aromatic N) is 2. The van der Waals surface area contributed by atoms with Gasteiger partial charge in [-0.25, -0.2) is 0 Å². The molecule has 0 saturated carbocycles. The van der Waals surface area contributed by atoms with Crippen LogP contribution in [0.15, 0.2) is 218 Å². The molecule has 1 atom stereocenters. The molecular formula is C56H48N2O2. The molecule has 4 heteroatoms. The van der Waals surface area contributed by atoms with Gasteiger partial charge in [-0.1, -0.05) is 133 Å². The molecule has 0 saturated heterocycles. The summed E-state index contributed by atoms with van der Waals surface area (Å²) >= 11 is 0. The molecule has 1 unspecified atom stereocenters. The van der Waals surface area contributed by atoms with Crippen LogP contribution in [0.2, 0.25) is 0 Å². The molecular weight excluding hydrogens is 733 g/mol. The molecule has 2 aliphatic rings. The van der Waals surface area contributed by atoms with Gasteiger partial charge in [0, 0.05) is 47.3 Å². The first kappa shape index (κ1) is 38.4. The van der Waals surface area contributed by atoms with Crippen LogP contribution < -0.4 is 14.5 Å². The minimum absolute atomic E-state index is 0.0383. The average Bonchev–Trinajstić information content (AvgIpc) is 3.33. The monoisotopic (exact) mass is 780 g/mol. The highest BCUT2D eigenvalue weighted by molar-refractivity contribution is 5.82. The number of anilines is 5. The second kappa shape index (κ2) is 17.8. The van der Waals surface area contributed by atoms with Crippen LogP contribution in [-0.4, -0.2) is 20.3 Å². The van der Waals surface area contributed by atoms with Crippen molar-refractivity contribution >= 4 is 34.0 Å². The lowest BCUT2D eigenvalue weighted by molar-refractivity contribution is 0.142. The first-order chi connectivity index (χ1) is 29.6. The minimum Gasteiger partial charge on any atom is -0.497 e. The molecule has 60 heavy (non-hydrogen) atoms. The van der Waals surface area contributed by atoms with E-state index in [9.17, 15) is 0 Å². The Bertz CT molecular complexity index is 2660.